The van der Waals surface area contributed by atoms with E-state index in [1.54, 1.807) is 22.9 Å². The van der Waals surface area contributed by atoms with Crippen LogP contribution >= 0.6 is 0 Å². The Morgan fingerprint density at radius 2 is 1.87 bits per heavy atom. The van der Waals surface area contributed by atoms with Crippen molar-refractivity contribution < 1.29 is 81.9 Å². The molecule has 0 saturated heterocycles. The molecule has 9 nitrogen and oxygen atoms in total. The summed E-state index contributed by atoms with van der Waals surface area (Å²) < 4.78 is 7.00. The van der Waals surface area contributed by atoms with E-state index in [4.69, 9.17) is 4.52 Å². The monoisotopic (exact) mass is 451 g/mol. The van der Waals surface area contributed by atoms with Gasteiger partial charge < -0.3 is 26.0 Å². The number of carboxylic acids is 1. The molecule has 0 aliphatic rings. The van der Waals surface area contributed by atoms with Gasteiger partial charge in [0.25, 0.3) is 0 Å². The first-order chi connectivity index (χ1) is 14.3. The van der Waals surface area contributed by atoms with Crippen LogP contribution in [0.2, 0.25) is 0 Å². The van der Waals surface area contributed by atoms with Crippen LogP contribution in [0.15, 0.2) is 41.2 Å². The number of nitrogens with one attached hydrogen (secondary N) is 1. The number of amides is 1. The quantitative estimate of drug-likeness (QED) is 0.334. The number of hydrogen-bond acceptors (Lipinski definition) is 6. The number of nitrogens with zero attached hydrogens (tertiary/aromatic N) is 2. The SMILES string of the molecule is CCn1cc(NC(=O)CCc2noc(-c3ccc(O)cc3)c2C(C)=O)c(C(=O)O)c1.[H-].[K+]. The van der Waals surface area contributed by atoms with Crippen LogP contribution in [0.1, 0.15) is 48.1 Å². The van der Waals surface area contributed by atoms with E-state index >= 15 is 0 Å². The molecule has 0 unspecified atom stereocenters. The zero-order valence-electron chi connectivity index (χ0n) is 18.5. The van der Waals surface area contributed by atoms with Gasteiger partial charge >= 0.3 is 57.4 Å². The molecule has 0 aliphatic carbocycles. The first kappa shape index (κ1) is 25.0. The van der Waals surface area contributed by atoms with Gasteiger partial charge in [-0.3, -0.25) is 9.59 Å². The first-order valence-corrected chi connectivity index (χ1v) is 9.32. The van der Waals surface area contributed by atoms with Crippen LogP contribution in [-0.2, 0) is 17.8 Å². The van der Waals surface area contributed by atoms with Crippen molar-refractivity contribution in [1.29, 1.82) is 0 Å². The smallest absolute Gasteiger partial charge is 1.00 e. The number of carboxylic acid groups (broad SMARTS) is 1. The van der Waals surface area contributed by atoms with E-state index in [2.05, 4.69) is 10.5 Å². The first-order valence-electron chi connectivity index (χ1n) is 9.32. The van der Waals surface area contributed by atoms with E-state index in [0.29, 0.717) is 17.8 Å². The molecule has 0 saturated carbocycles. The molecule has 0 spiro atoms. The van der Waals surface area contributed by atoms with Crippen molar-refractivity contribution in [3.8, 4) is 17.1 Å². The standard InChI is InChI=1S/C21H21N3O6.K.H/c1-3-24-10-15(21(28)29)17(11-24)22-18(27)9-8-16-19(12(2)25)20(30-23-16)13-4-6-14(26)7-5-13;;/h4-7,10-11,26H,3,8-9H2,1-2H3,(H,22,27)(H,28,29);;/q;+1;-1. The number of Topliss-reactive ketones (excluding diaryl/α,β-unsaturated/α-hetero) is 1. The number of carbonyl (C=O) groups is 3. The topological polar surface area (TPSA) is 135 Å². The molecular formula is C21H22KN3O6. The number of aryl methyl sites for hydroxylation is 2. The molecule has 158 valence electrons. The number of anilines is 1. The van der Waals surface area contributed by atoms with Gasteiger partial charge in [-0.25, -0.2) is 4.79 Å². The Bertz CT molecular complexity index is 1110. The Morgan fingerprint density at radius 1 is 1.19 bits per heavy atom. The van der Waals surface area contributed by atoms with Crippen LogP contribution in [0.3, 0.4) is 0 Å². The van der Waals surface area contributed by atoms with Crippen molar-refractivity contribution in [2.24, 2.45) is 0 Å². The second-order valence-electron chi connectivity index (χ2n) is 6.71. The molecule has 1 aromatic carbocycles. The number of aromatic nitrogens is 2. The van der Waals surface area contributed by atoms with Gasteiger partial charge in [0.2, 0.25) is 5.91 Å². The summed E-state index contributed by atoms with van der Waals surface area (Å²) in [5.74, 6) is -1.45. The van der Waals surface area contributed by atoms with E-state index in [1.165, 1.54) is 25.3 Å². The molecule has 3 aromatic rings. The van der Waals surface area contributed by atoms with Crippen LogP contribution in [0.4, 0.5) is 5.69 Å². The molecule has 10 heteroatoms. The van der Waals surface area contributed by atoms with Crippen molar-refractivity contribution in [3.63, 3.8) is 0 Å². The largest absolute Gasteiger partial charge is 1.00 e. The fourth-order valence-electron chi connectivity index (χ4n) is 3.07. The summed E-state index contributed by atoms with van der Waals surface area (Å²) in [7, 11) is 0. The van der Waals surface area contributed by atoms with Gasteiger partial charge in [0.1, 0.15) is 11.3 Å². The average molecular weight is 452 g/mol. The van der Waals surface area contributed by atoms with Gasteiger partial charge in [-0.15, -0.1) is 0 Å². The minimum absolute atomic E-state index is 0. The van der Waals surface area contributed by atoms with Crippen LogP contribution in [0.25, 0.3) is 11.3 Å². The zero-order chi connectivity index (χ0) is 21.8. The molecule has 0 fully saturated rings. The van der Waals surface area contributed by atoms with E-state index in [1.807, 2.05) is 6.92 Å². The summed E-state index contributed by atoms with van der Waals surface area (Å²) in [5, 5.41) is 25.3. The third-order valence-electron chi connectivity index (χ3n) is 4.58. The zero-order valence-corrected chi connectivity index (χ0v) is 20.6. The van der Waals surface area contributed by atoms with E-state index in [9.17, 15) is 24.6 Å². The normalized spacial score (nSPS) is 10.4. The molecule has 0 aliphatic heterocycles. The molecule has 3 rings (SSSR count). The molecule has 2 aromatic heterocycles. The third-order valence-corrected chi connectivity index (χ3v) is 4.58. The fourth-order valence-corrected chi connectivity index (χ4v) is 3.07. The number of carbonyl (C=O) groups excluding carboxylic acids is 2. The van der Waals surface area contributed by atoms with Crippen molar-refractivity contribution in [1.82, 2.24) is 9.72 Å². The summed E-state index contributed by atoms with van der Waals surface area (Å²) in [4.78, 5) is 35.9. The Morgan fingerprint density at radius 3 is 2.45 bits per heavy atom. The van der Waals surface area contributed by atoms with Gasteiger partial charge in [-0.1, -0.05) is 5.16 Å². The molecule has 0 atom stereocenters. The number of phenolic OH excluding ortho intramolecular Hbond substituents is 1. The maximum Gasteiger partial charge on any atom is 1.00 e. The summed E-state index contributed by atoms with van der Waals surface area (Å²) in [6.07, 6.45) is 3.13. The van der Waals surface area contributed by atoms with Crippen molar-refractivity contribution in [2.45, 2.75) is 33.2 Å². The van der Waals surface area contributed by atoms with Crippen molar-refractivity contribution in [2.75, 3.05) is 5.32 Å². The summed E-state index contributed by atoms with van der Waals surface area (Å²) in [6, 6.07) is 6.14. The average Bonchev–Trinajstić information content (AvgIpc) is 3.31. The van der Waals surface area contributed by atoms with Gasteiger partial charge in [-0.2, -0.15) is 0 Å². The second-order valence-corrected chi connectivity index (χ2v) is 6.71. The van der Waals surface area contributed by atoms with E-state index in [0.717, 1.165) is 0 Å². The number of ketones is 1. The van der Waals surface area contributed by atoms with Crippen LogP contribution in [0, 0.1) is 0 Å². The predicted octanol–water partition coefficient (Wildman–Crippen LogP) is 0.457. The second kappa shape index (κ2) is 10.9. The summed E-state index contributed by atoms with van der Waals surface area (Å²) in [6.45, 7) is 3.81. The van der Waals surface area contributed by atoms with Gasteiger partial charge in [0.15, 0.2) is 11.5 Å². The summed E-state index contributed by atoms with van der Waals surface area (Å²) in [5.41, 5.74) is 1.41. The number of aromatic carboxylic acids is 1. The minimum Gasteiger partial charge on any atom is -1.00 e. The van der Waals surface area contributed by atoms with Gasteiger partial charge in [0.05, 0.1) is 16.9 Å². The van der Waals surface area contributed by atoms with Crippen LogP contribution < -0.4 is 56.7 Å². The Hall–Kier alpha value is -2.24. The number of hydrogen-bond donors (Lipinski definition) is 3. The molecule has 31 heavy (non-hydrogen) atoms. The maximum atomic E-state index is 12.4. The summed E-state index contributed by atoms with van der Waals surface area (Å²) >= 11 is 0. The molecule has 1 amide bonds. The minimum atomic E-state index is -1.13. The number of benzene rings is 1. The van der Waals surface area contributed by atoms with Gasteiger partial charge in [-0.05, 0) is 38.1 Å². The number of rotatable bonds is 8. The fraction of sp³-hybridized carbons (Fsp3) is 0.238. The van der Waals surface area contributed by atoms with Crippen molar-refractivity contribution in [3.05, 3.63) is 53.5 Å². The molecular weight excluding hydrogens is 429 g/mol. The molecule has 0 bridgehead atoms. The third kappa shape index (κ3) is 5.92. The number of phenols is 1. The molecule has 3 N–H and O–H groups in total. The van der Waals surface area contributed by atoms with Gasteiger partial charge in [0, 0.05) is 37.3 Å². The maximum absolute atomic E-state index is 12.4. The Kier molecular flexibility index (Phi) is 8.77. The Balaban J connectivity index is 0.00000256. The van der Waals surface area contributed by atoms with Crippen molar-refractivity contribution >= 4 is 23.3 Å². The van der Waals surface area contributed by atoms with Crippen LogP contribution in [0.5, 0.6) is 5.75 Å². The van der Waals surface area contributed by atoms with Crippen LogP contribution in [-0.4, -0.2) is 37.6 Å². The predicted molar refractivity (Wildman–Crippen MR) is 109 cm³/mol. The van der Waals surface area contributed by atoms with E-state index in [-0.39, 0.29) is 99.8 Å². The molecule has 2 heterocycles. The van der Waals surface area contributed by atoms with E-state index < -0.39 is 11.9 Å². The Labute approximate surface area is 222 Å². The molecule has 0 radical (unpaired) electrons. The number of aromatic hydroxyl groups is 1.